The zero-order valence-corrected chi connectivity index (χ0v) is 11.7. The molecule has 2 unspecified atom stereocenters. The Morgan fingerprint density at radius 3 is 2.29 bits per heavy atom. The molecule has 14 heavy (non-hydrogen) atoms. The first kappa shape index (κ1) is 14.2. The Morgan fingerprint density at radius 2 is 1.93 bits per heavy atom. The normalized spacial score (nSPS) is 15.3. The maximum absolute atomic E-state index is 11.7. The van der Waals surface area contributed by atoms with Crippen molar-refractivity contribution >= 4 is 28.6 Å². The van der Waals surface area contributed by atoms with Crippen LogP contribution in [0.5, 0.6) is 0 Å². The molecule has 0 aliphatic carbocycles. The monoisotopic (exact) mass is 312 g/mol. The molecule has 3 heteroatoms. The van der Waals surface area contributed by atoms with Crippen LogP contribution in [-0.4, -0.2) is 16.5 Å². The van der Waals surface area contributed by atoms with Gasteiger partial charge in [0.25, 0.3) is 0 Å². The van der Waals surface area contributed by atoms with Crippen molar-refractivity contribution in [2.75, 3.05) is 4.43 Å². The molecule has 84 valence electrons. The van der Waals surface area contributed by atoms with Gasteiger partial charge in [0.15, 0.2) is 0 Å². The summed E-state index contributed by atoms with van der Waals surface area (Å²) in [5.74, 6) is 0.387. The van der Waals surface area contributed by atoms with E-state index < -0.39 is 0 Å². The maximum Gasteiger partial charge on any atom is 0.310 e. The average molecular weight is 312 g/mol. The molecule has 0 heterocycles. The number of esters is 1. The summed E-state index contributed by atoms with van der Waals surface area (Å²) in [5.41, 5.74) is 0. The van der Waals surface area contributed by atoms with Crippen LogP contribution in [0.1, 0.15) is 40.5 Å². The van der Waals surface area contributed by atoms with Crippen LogP contribution >= 0.6 is 22.6 Å². The standard InChI is InChI=1S/C11H21IO2/c1-5-6-9(4)14-11(13)10(7-12)8(2)3/h8-10H,5-7H2,1-4H3. The third-order valence-corrected chi connectivity index (χ3v) is 3.24. The van der Waals surface area contributed by atoms with Crippen molar-refractivity contribution in [3.05, 3.63) is 0 Å². The van der Waals surface area contributed by atoms with Crippen LogP contribution < -0.4 is 0 Å². The van der Waals surface area contributed by atoms with Crippen molar-refractivity contribution in [2.45, 2.75) is 46.6 Å². The van der Waals surface area contributed by atoms with Gasteiger partial charge in [-0.05, 0) is 19.3 Å². The van der Waals surface area contributed by atoms with E-state index in [1.165, 1.54) is 0 Å². The Labute approximate surface area is 101 Å². The van der Waals surface area contributed by atoms with Gasteiger partial charge in [0, 0.05) is 4.43 Å². The van der Waals surface area contributed by atoms with E-state index in [4.69, 9.17) is 4.74 Å². The summed E-state index contributed by atoms with van der Waals surface area (Å²) in [7, 11) is 0. The minimum atomic E-state index is -0.0321. The highest BCUT2D eigenvalue weighted by Gasteiger charge is 2.23. The van der Waals surface area contributed by atoms with Crippen LogP contribution in [0, 0.1) is 11.8 Å². The highest BCUT2D eigenvalue weighted by molar-refractivity contribution is 14.1. The van der Waals surface area contributed by atoms with Gasteiger partial charge >= 0.3 is 5.97 Å². The molecule has 0 bridgehead atoms. The van der Waals surface area contributed by atoms with Gasteiger partial charge in [0.05, 0.1) is 12.0 Å². The van der Waals surface area contributed by atoms with Gasteiger partial charge in [-0.25, -0.2) is 0 Å². The van der Waals surface area contributed by atoms with Crippen molar-refractivity contribution < 1.29 is 9.53 Å². The average Bonchev–Trinajstić information content (AvgIpc) is 2.04. The molecule has 0 aromatic heterocycles. The summed E-state index contributed by atoms with van der Waals surface area (Å²) in [6.45, 7) is 8.19. The molecule has 0 saturated carbocycles. The largest absolute Gasteiger partial charge is 0.462 e. The first-order chi connectivity index (χ1) is 6.52. The molecule has 0 aromatic rings. The third kappa shape index (κ3) is 5.17. The van der Waals surface area contributed by atoms with E-state index in [9.17, 15) is 4.79 Å². The zero-order valence-electron chi connectivity index (χ0n) is 9.55. The molecule has 2 atom stereocenters. The van der Waals surface area contributed by atoms with Gasteiger partial charge in [-0.15, -0.1) is 0 Å². The van der Waals surface area contributed by atoms with Crippen molar-refractivity contribution in [1.82, 2.24) is 0 Å². The van der Waals surface area contributed by atoms with Crippen molar-refractivity contribution in [3.63, 3.8) is 0 Å². The molecule has 0 aliphatic rings. The third-order valence-electron chi connectivity index (χ3n) is 2.29. The number of alkyl halides is 1. The van der Waals surface area contributed by atoms with Crippen molar-refractivity contribution in [3.8, 4) is 0 Å². The van der Waals surface area contributed by atoms with E-state index in [-0.39, 0.29) is 18.0 Å². The van der Waals surface area contributed by atoms with E-state index >= 15 is 0 Å². The van der Waals surface area contributed by atoms with E-state index in [0.29, 0.717) is 5.92 Å². The zero-order chi connectivity index (χ0) is 11.1. The second-order valence-electron chi connectivity index (χ2n) is 4.04. The molecule has 0 aliphatic heterocycles. The van der Waals surface area contributed by atoms with Gasteiger partial charge in [0.2, 0.25) is 0 Å². The number of ether oxygens (including phenoxy) is 1. The summed E-state index contributed by atoms with van der Waals surface area (Å²) in [5, 5.41) is 0. The predicted molar refractivity (Wildman–Crippen MR) is 67.7 cm³/mol. The Hall–Kier alpha value is 0.200. The number of hydrogen-bond acceptors (Lipinski definition) is 2. The number of rotatable bonds is 6. The second kappa shape index (κ2) is 7.49. The SMILES string of the molecule is CCCC(C)OC(=O)C(CI)C(C)C. The highest BCUT2D eigenvalue weighted by atomic mass is 127. The van der Waals surface area contributed by atoms with Crippen LogP contribution in [0.4, 0.5) is 0 Å². The van der Waals surface area contributed by atoms with Gasteiger partial charge < -0.3 is 4.74 Å². The lowest BCUT2D eigenvalue weighted by molar-refractivity contribution is -0.154. The Balaban J connectivity index is 4.04. The van der Waals surface area contributed by atoms with Gasteiger partial charge in [0.1, 0.15) is 0 Å². The summed E-state index contributed by atoms with van der Waals surface area (Å²) in [4.78, 5) is 11.7. The molecule has 0 aromatic carbocycles. The molecule has 0 radical (unpaired) electrons. The lowest BCUT2D eigenvalue weighted by atomic mass is 9.98. The van der Waals surface area contributed by atoms with E-state index in [1.54, 1.807) is 0 Å². The lowest BCUT2D eigenvalue weighted by Gasteiger charge is -2.20. The Morgan fingerprint density at radius 1 is 1.36 bits per heavy atom. The summed E-state index contributed by atoms with van der Waals surface area (Å²) >= 11 is 2.25. The summed E-state index contributed by atoms with van der Waals surface area (Å²) < 4.78 is 6.20. The van der Waals surface area contributed by atoms with E-state index in [2.05, 4.69) is 43.4 Å². The fourth-order valence-corrected chi connectivity index (χ4v) is 2.64. The number of carbonyl (C=O) groups is 1. The first-order valence-electron chi connectivity index (χ1n) is 5.29. The number of halogens is 1. The molecule has 0 fully saturated rings. The van der Waals surface area contributed by atoms with Crippen LogP contribution in [-0.2, 0) is 9.53 Å². The molecule has 2 nitrogen and oxygen atoms in total. The van der Waals surface area contributed by atoms with Gasteiger partial charge in [-0.2, -0.15) is 0 Å². The Kier molecular flexibility index (Phi) is 7.59. The minimum Gasteiger partial charge on any atom is -0.462 e. The van der Waals surface area contributed by atoms with Crippen molar-refractivity contribution in [2.24, 2.45) is 11.8 Å². The molecule has 0 N–H and O–H groups in total. The molecule has 0 rings (SSSR count). The first-order valence-corrected chi connectivity index (χ1v) is 6.81. The molecule has 0 spiro atoms. The fraction of sp³-hybridized carbons (Fsp3) is 0.909. The second-order valence-corrected chi connectivity index (χ2v) is 4.92. The van der Waals surface area contributed by atoms with Crippen molar-refractivity contribution in [1.29, 1.82) is 0 Å². The van der Waals surface area contributed by atoms with Crippen LogP contribution in [0.25, 0.3) is 0 Å². The quantitative estimate of drug-likeness (QED) is 0.427. The van der Waals surface area contributed by atoms with Crippen LogP contribution in [0.3, 0.4) is 0 Å². The van der Waals surface area contributed by atoms with Gasteiger partial charge in [-0.3, -0.25) is 4.79 Å². The molecular formula is C11H21IO2. The minimum absolute atomic E-state index is 0.0321. The molecule has 0 saturated heterocycles. The fourth-order valence-electron chi connectivity index (χ4n) is 1.26. The Bertz CT molecular complexity index is 169. The predicted octanol–water partition coefficient (Wildman–Crippen LogP) is 3.43. The number of carbonyl (C=O) groups excluding carboxylic acids is 1. The summed E-state index contributed by atoms with van der Waals surface area (Å²) in [6.07, 6.45) is 2.08. The smallest absolute Gasteiger partial charge is 0.310 e. The lowest BCUT2D eigenvalue weighted by Crippen LogP contribution is -2.27. The maximum atomic E-state index is 11.7. The van der Waals surface area contributed by atoms with Crippen LogP contribution in [0.2, 0.25) is 0 Å². The molecular weight excluding hydrogens is 291 g/mol. The van der Waals surface area contributed by atoms with E-state index in [1.807, 2.05) is 6.92 Å². The highest BCUT2D eigenvalue weighted by Crippen LogP contribution is 2.17. The van der Waals surface area contributed by atoms with Gasteiger partial charge in [-0.1, -0.05) is 49.8 Å². The topological polar surface area (TPSA) is 26.3 Å². The molecule has 0 amide bonds. The van der Waals surface area contributed by atoms with E-state index in [0.717, 1.165) is 17.3 Å². The van der Waals surface area contributed by atoms with Crippen LogP contribution in [0.15, 0.2) is 0 Å². The summed E-state index contributed by atoms with van der Waals surface area (Å²) in [6, 6.07) is 0. The number of hydrogen-bond donors (Lipinski definition) is 0.